The average molecular weight is 281 g/mol. The van der Waals surface area contributed by atoms with Gasteiger partial charge in [-0.25, -0.2) is 4.79 Å². The van der Waals surface area contributed by atoms with Crippen LogP contribution in [0.1, 0.15) is 29.8 Å². The first-order valence-electron chi connectivity index (χ1n) is 6.05. The van der Waals surface area contributed by atoms with Crippen molar-refractivity contribution in [2.45, 2.75) is 31.7 Å². The zero-order valence-corrected chi connectivity index (χ0v) is 12.5. The number of rotatable bonds is 5. The van der Waals surface area contributed by atoms with Crippen LogP contribution in [0.5, 0.6) is 0 Å². The van der Waals surface area contributed by atoms with Gasteiger partial charge in [0, 0.05) is 18.0 Å². The number of carbonyl (C=O) groups excluding carboxylic acids is 1. The number of hydrogen-bond donors (Lipinski definition) is 1. The lowest BCUT2D eigenvalue weighted by Gasteiger charge is -2.21. The summed E-state index contributed by atoms with van der Waals surface area (Å²) in [5.41, 5.74) is 1.01. The highest BCUT2D eigenvalue weighted by atomic mass is 32.2. The number of carboxylic acid groups (broad SMARTS) is 1. The topological polar surface area (TPSA) is 57.6 Å². The standard InChI is InChI=1S/C14H19NO3S/c1-9(2)15(4)13(16)8-19-11-6-5-10(3)12(7-11)14(17)18/h5-7,9H,8H2,1-4H3,(H,17,18). The molecule has 0 radical (unpaired) electrons. The third-order valence-corrected chi connectivity index (χ3v) is 3.95. The van der Waals surface area contributed by atoms with E-state index in [0.717, 1.165) is 10.5 Å². The average Bonchev–Trinajstić information content (AvgIpc) is 2.35. The monoisotopic (exact) mass is 281 g/mol. The van der Waals surface area contributed by atoms with E-state index in [2.05, 4.69) is 0 Å². The molecule has 0 fully saturated rings. The van der Waals surface area contributed by atoms with E-state index in [4.69, 9.17) is 5.11 Å². The summed E-state index contributed by atoms with van der Waals surface area (Å²) in [7, 11) is 1.77. The Morgan fingerprint density at radius 1 is 1.37 bits per heavy atom. The van der Waals surface area contributed by atoms with Crippen LogP contribution in [0, 0.1) is 6.92 Å². The molecule has 1 aromatic rings. The molecule has 0 atom stereocenters. The summed E-state index contributed by atoms with van der Waals surface area (Å²) < 4.78 is 0. The van der Waals surface area contributed by atoms with Crippen molar-refractivity contribution in [1.82, 2.24) is 4.90 Å². The molecule has 0 spiro atoms. The molecule has 104 valence electrons. The molecule has 0 aliphatic rings. The zero-order chi connectivity index (χ0) is 14.6. The van der Waals surface area contributed by atoms with Crippen LogP contribution in [0.4, 0.5) is 0 Å². The van der Waals surface area contributed by atoms with Crippen molar-refractivity contribution in [3.8, 4) is 0 Å². The van der Waals surface area contributed by atoms with Gasteiger partial charge in [-0.2, -0.15) is 0 Å². The second-order valence-electron chi connectivity index (χ2n) is 4.67. The lowest BCUT2D eigenvalue weighted by atomic mass is 10.1. The third-order valence-electron chi connectivity index (χ3n) is 2.97. The first kappa shape index (κ1) is 15.6. The summed E-state index contributed by atoms with van der Waals surface area (Å²) in [5, 5.41) is 9.04. The molecule has 0 aliphatic carbocycles. The number of nitrogens with zero attached hydrogens (tertiary/aromatic N) is 1. The predicted octanol–water partition coefficient (Wildman–Crippen LogP) is 2.65. The van der Waals surface area contributed by atoms with Gasteiger partial charge in [0.25, 0.3) is 0 Å². The molecule has 0 saturated carbocycles. The van der Waals surface area contributed by atoms with Crippen molar-refractivity contribution >= 4 is 23.6 Å². The quantitative estimate of drug-likeness (QED) is 0.843. The van der Waals surface area contributed by atoms with Gasteiger partial charge in [0.2, 0.25) is 5.91 Å². The fraction of sp³-hybridized carbons (Fsp3) is 0.429. The number of aromatic carboxylic acids is 1. The maximum atomic E-state index is 11.8. The Hall–Kier alpha value is -1.49. The van der Waals surface area contributed by atoms with Gasteiger partial charge >= 0.3 is 5.97 Å². The molecule has 0 unspecified atom stereocenters. The van der Waals surface area contributed by atoms with E-state index in [9.17, 15) is 9.59 Å². The van der Waals surface area contributed by atoms with Crippen LogP contribution in [-0.4, -0.2) is 40.7 Å². The molecule has 5 heteroatoms. The summed E-state index contributed by atoms with van der Waals surface area (Å²) >= 11 is 1.36. The Labute approximate surface area is 117 Å². The van der Waals surface area contributed by atoms with E-state index >= 15 is 0 Å². The van der Waals surface area contributed by atoms with Gasteiger partial charge in [0.1, 0.15) is 0 Å². The Kier molecular flexibility index (Phi) is 5.42. The molecule has 1 rings (SSSR count). The van der Waals surface area contributed by atoms with E-state index in [0.29, 0.717) is 5.75 Å². The summed E-state index contributed by atoms with van der Waals surface area (Å²) in [4.78, 5) is 25.3. The first-order chi connectivity index (χ1) is 8.82. The summed E-state index contributed by atoms with van der Waals surface area (Å²) in [6, 6.07) is 5.39. The van der Waals surface area contributed by atoms with Crippen LogP contribution in [0.3, 0.4) is 0 Å². The number of benzene rings is 1. The normalized spacial score (nSPS) is 10.6. The summed E-state index contributed by atoms with van der Waals surface area (Å²) in [6.07, 6.45) is 0. The van der Waals surface area contributed by atoms with Crippen molar-refractivity contribution in [3.63, 3.8) is 0 Å². The fourth-order valence-electron chi connectivity index (χ4n) is 1.46. The maximum absolute atomic E-state index is 11.8. The van der Waals surface area contributed by atoms with Crippen LogP contribution < -0.4 is 0 Å². The zero-order valence-electron chi connectivity index (χ0n) is 11.6. The van der Waals surface area contributed by atoms with Gasteiger partial charge in [-0.3, -0.25) is 4.79 Å². The molecule has 19 heavy (non-hydrogen) atoms. The van der Waals surface area contributed by atoms with Crippen LogP contribution in [0.15, 0.2) is 23.1 Å². The lowest BCUT2D eigenvalue weighted by molar-refractivity contribution is -0.128. The highest BCUT2D eigenvalue weighted by Crippen LogP contribution is 2.22. The molecule has 0 bridgehead atoms. The second kappa shape index (κ2) is 6.61. The minimum Gasteiger partial charge on any atom is -0.478 e. The van der Waals surface area contributed by atoms with E-state index < -0.39 is 5.97 Å². The van der Waals surface area contributed by atoms with Crippen molar-refractivity contribution < 1.29 is 14.7 Å². The molecule has 0 heterocycles. The van der Waals surface area contributed by atoms with Crippen molar-refractivity contribution in [2.24, 2.45) is 0 Å². The molecule has 0 saturated heterocycles. The first-order valence-corrected chi connectivity index (χ1v) is 7.04. The van der Waals surface area contributed by atoms with Crippen molar-refractivity contribution in [2.75, 3.05) is 12.8 Å². The largest absolute Gasteiger partial charge is 0.478 e. The van der Waals surface area contributed by atoms with E-state index in [1.54, 1.807) is 31.0 Å². The lowest BCUT2D eigenvalue weighted by Crippen LogP contribution is -2.34. The van der Waals surface area contributed by atoms with Gasteiger partial charge in [-0.05, 0) is 38.5 Å². The Bertz CT molecular complexity index is 486. The smallest absolute Gasteiger partial charge is 0.335 e. The molecular formula is C14H19NO3S. The number of amides is 1. The minimum atomic E-state index is -0.939. The third kappa shape index (κ3) is 4.28. The molecule has 1 N–H and O–H groups in total. The minimum absolute atomic E-state index is 0.0393. The Morgan fingerprint density at radius 3 is 2.53 bits per heavy atom. The highest BCUT2D eigenvalue weighted by Gasteiger charge is 2.13. The number of hydrogen-bond acceptors (Lipinski definition) is 3. The maximum Gasteiger partial charge on any atom is 0.335 e. The van der Waals surface area contributed by atoms with Gasteiger partial charge in [0.05, 0.1) is 11.3 Å². The predicted molar refractivity (Wildman–Crippen MR) is 76.8 cm³/mol. The van der Waals surface area contributed by atoms with Crippen LogP contribution in [0.25, 0.3) is 0 Å². The molecule has 1 aromatic carbocycles. The second-order valence-corrected chi connectivity index (χ2v) is 5.72. The molecule has 1 amide bonds. The number of carboxylic acids is 1. The van der Waals surface area contributed by atoms with Gasteiger partial charge < -0.3 is 10.0 Å². The number of thioether (sulfide) groups is 1. The molecule has 0 aromatic heterocycles. The fourth-order valence-corrected chi connectivity index (χ4v) is 2.32. The van der Waals surface area contributed by atoms with Crippen LogP contribution in [0.2, 0.25) is 0 Å². The molecule has 4 nitrogen and oxygen atoms in total. The summed E-state index contributed by atoms with van der Waals surface area (Å²) in [6.45, 7) is 5.67. The number of aryl methyl sites for hydroxylation is 1. The van der Waals surface area contributed by atoms with E-state index in [1.165, 1.54) is 11.8 Å². The Balaban J connectivity index is 2.71. The van der Waals surface area contributed by atoms with E-state index in [1.807, 2.05) is 19.9 Å². The van der Waals surface area contributed by atoms with E-state index in [-0.39, 0.29) is 17.5 Å². The Morgan fingerprint density at radius 2 is 2.00 bits per heavy atom. The van der Waals surface area contributed by atoms with Gasteiger partial charge in [-0.1, -0.05) is 6.07 Å². The molecule has 0 aliphatic heterocycles. The SMILES string of the molecule is Cc1ccc(SCC(=O)N(C)C(C)C)cc1C(=O)O. The van der Waals surface area contributed by atoms with Crippen molar-refractivity contribution in [1.29, 1.82) is 0 Å². The summed E-state index contributed by atoms with van der Waals surface area (Å²) in [5.74, 6) is -0.584. The molecular weight excluding hydrogens is 262 g/mol. The highest BCUT2D eigenvalue weighted by molar-refractivity contribution is 8.00. The van der Waals surface area contributed by atoms with Crippen LogP contribution in [-0.2, 0) is 4.79 Å². The van der Waals surface area contributed by atoms with Gasteiger partial charge in [0.15, 0.2) is 0 Å². The number of carbonyl (C=O) groups is 2. The van der Waals surface area contributed by atoms with Crippen LogP contribution >= 0.6 is 11.8 Å². The van der Waals surface area contributed by atoms with Crippen molar-refractivity contribution in [3.05, 3.63) is 29.3 Å². The van der Waals surface area contributed by atoms with Gasteiger partial charge in [-0.15, -0.1) is 11.8 Å².